The van der Waals surface area contributed by atoms with Crippen molar-refractivity contribution in [1.29, 1.82) is 0 Å². The number of fused-ring (bicyclic) bond motifs is 1. The van der Waals surface area contributed by atoms with Crippen molar-refractivity contribution in [2.45, 2.75) is 6.42 Å². The highest BCUT2D eigenvalue weighted by atomic mass is 19.1. The number of nitrogens with one attached hydrogen (secondary N) is 1. The highest BCUT2D eigenvalue weighted by Crippen LogP contribution is 2.38. The topological polar surface area (TPSA) is 71.3 Å². The molecule has 0 aliphatic carbocycles. The van der Waals surface area contributed by atoms with E-state index < -0.39 is 4.92 Å². The van der Waals surface area contributed by atoms with Crippen molar-refractivity contribution in [3.05, 3.63) is 51.8 Å². The van der Waals surface area contributed by atoms with Crippen molar-refractivity contribution in [3.8, 4) is 0 Å². The Morgan fingerprint density at radius 1 is 1.38 bits per heavy atom. The monoisotopic (exact) mass is 288 g/mol. The zero-order valence-electron chi connectivity index (χ0n) is 11.3. The van der Waals surface area contributed by atoms with Crippen molar-refractivity contribution < 1.29 is 9.31 Å². The van der Waals surface area contributed by atoms with Crippen molar-refractivity contribution in [2.75, 3.05) is 23.8 Å². The molecule has 0 amide bonds. The van der Waals surface area contributed by atoms with Gasteiger partial charge in [-0.25, -0.2) is 9.37 Å². The Hall–Kier alpha value is -2.70. The normalized spacial score (nSPS) is 13.1. The average molecular weight is 288 g/mol. The molecule has 2 aromatic rings. The molecule has 7 heteroatoms. The fraction of sp³-hybridized carbons (Fsp3) is 0.214. The summed E-state index contributed by atoms with van der Waals surface area (Å²) in [4.78, 5) is 16.7. The van der Waals surface area contributed by atoms with Gasteiger partial charge in [0.05, 0.1) is 4.92 Å². The quantitative estimate of drug-likeness (QED) is 0.694. The zero-order chi connectivity index (χ0) is 15.0. The van der Waals surface area contributed by atoms with E-state index in [2.05, 4.69) is 10.3 Å². The fourth-order valence-electron chi connectivity index (χ4n) is 2.49. The fourth-order valence-corrected chi connectivity index (χ4v) is 2.49. The molecule has 108 valence electrons. The third-order valence-electron chi connectivity index (χ3n) is 3.51. The molecule has 1 aliphatic rings. The zero-order valence-corrected chi connectivity index (χ0v) is 11.3. The van der Waals surface area contributed by atoms with Crippen molar-refractivity contribution in [1.82, 2.24) is 4.98 Å². The summed E-state index contributed by atoms with van der Waals surface area (Å²) in [5.41, 5.74) is 1.51. The van der Waals surface area contributed by atoms with Crippen LogP contribution < -0.4 is 10.2 Å². The van der Waals surface area contributed by atoms with Crippen LogP contribution in [0.4, 0.5) is 27.4 Å². The van der Waals surface area contributed by atoms with Crippen LogP contribution in [0, 0.1) is 15.9 Å². The van der Waals surface area contributed by atoms with E-state index >= 15 is 0 Å². The summed E-state index contributed by atoms with van der Waals surface area (Å²) >= 11 is 0. The first-order chi connectivity index (χ1) is 10.1. The van der Waals surface area contributed by atoms with E-state index in [-0.39, 0.29) is 17.3 Å². The number of rotatable bonds is 3. The first-order valence-electron chi connectivity index (χ1n) is 6.49. The summed E-state index contributed by atoms with van der Waals surface area (Å²) in [6, 6.07) is 7.45. The maximum atomic E-state index is 13.5. The van der Waals surface area contributed by atoms with Gasteiger partial charge in [-0.2, -0.15) is 0 Å². The predicted molar refractivity (Wildman–Crippen MR) is 77.5 cm³/mol. The molecule has 0 spiro atoms. The van der Waals surface area contributed by atoms with E-state index in [1.165, 1.54) is 18.2 Å². The second-order valence-corrected chi connectivity index (χ2v) is 4.72. The minimum absolute atomic E-state index is 0.0916. The van der Waals surface area contributed by atoms with Crippen LogP contribution in [0.3, 0.4) is 0 Å². The molecule has 0 saturated carbocycles. The summed E-state index contributed by atoms with van der Waals surface area (Å²) in [7, 11) is 1.69. The van der Waals surface area contributed by atoms with Crippen molar-refractivity contribution in [3.63, 3.8) is 0 Å². The number of hydrogen-bond acceptors (Lipinski definition) is 5. The number of pyridine rings is 1. The SMILES string of the molecule is CNc1ccc([N+](=O)[O-])c(N2CCc3ccc(F)cc32)n1. The average Bonchev–Trinajstić information content (AvgIpc) is 2.89. The Kier molecular flexibility index (Phi) is 3.17. The highest BCUT2D eigenvalue weighted by Gasteiger charge is 2.28. The Morgan fingerprint density at radius 3 is 2.90 bits per heavy atom. The van der Waals surface area contributed by atoms with Crippen LogP contribution in [0.5, 0.6) is 0 Å². The van der Waals surface area contributed by atoms with Gasteiger partial charge >= 0.3 is 5.69 Å². The molecule has 2 heterocycles. The van der Waals surface area contributed by atoms with E-state index in [1.54, 1.807) is 24.1 Å². The van der Waals surface area contributed by atoms with Crippen LogP contribution >= 0.6 is 0 Å². The van der Waals surface area contributed by atoms with Gasteiger partial charge in [0, 0.05) is 25.3 Å². The molecule has 0 fully saturated rings. The molecule has 21 heavy (non-hydrogen) atoms. The lowest BCUT2D eigenvalue weighted by molar-refractivity contribution is -0.384. The van der Waals surface area contributed by atoms with Crippen LogP contribution in [0.25, 0.3) is 0 Å². The van der Waals surface area contributed by atoms with Gasteiger partial charge in [0.2, 0.25) is 5.82 Å². The van der Waals surface area contributed by atoms with Gasteiger partial charge in [0.15, 0.2) is 0 Å². The van der Waals surface area contributed by atoms with Gasteiger partial charge in [0.25, 0.3) is 0 Å². The van der Waals surface area contributed by atoms with Crippen LogP contribution in [0.1, 0.15) is 5.56 Å². The van der Waals surface area contributed by atoms with Crippen LogP contribution in [-0.2, 0) is 6.42 Å². The van der Waals surface area contributed by atoms with Crippen molar-refractivity contribution >= 4 is 23.0 Å². The smallest absolute Gasteiger partial charge is 0.312 e. The van der Waals surface area contributed by atoms with Crippen molar-refractivity contribution in [2.24, 2.45) is 0 Å². The second-order valence-electron chi connectivity index (χ2n) is 4.72. The number of halogens is 1. The first kappa shape index (κ1) is 13.3. The van der Waals surface area contributed by atoms with Gasteiger partial charge in [-0.1, -0.05) is 6.07 Å². The van der Waals surface area contributed by atoms with Crippen LogP contribution in [0.2, 0.25) is 0 Å². The summed E-state index contributed by atoms with van der Waals surface area (Å²) in [6.45, 7) is 0.541. The van der Waals surface area contributed by atoms with E-state index in [1.807, 2.05) is 0 Å². The minimum atomic E-state index is -0.473. The number of aromatic nitrogens is 1. The van der Waals surface area contributed by atoms with Gasteiger partial charge < -0.3 is 10.2 Å². The lowest BCUT2D eigenvalue weighted by atomic mass is 10.2. The van der Waals surface area contributed by atoms with Gasteiger partial charge in [-0.05, 0) is 30.2 Å². The molecule has 0 bridgehead atoms. The maximum Gasteiger partial charge on any atom is 0.312 e. The third-order valence-corrected chi connectivity index (χ3v) is 3.51. The Labute approximate surface area is 120 Å². The lowest BCUT2D eigenvalue weighted by Crippen LogP contribution is -2.17. The number of nitrogens with zero attached hydrogens (tertiary/aromatic N) is 3. The Bertz CT molecular complexity index is 720. The molecule has 0 radical (unpaired) electrons. The Balaban J connectivity index is 2.14. The molecule has 0 unspecified atom stereocenters. The van der Waals surface area contributed by atoms with E-state index in [4.69, 9.17) is 0 Å². The van der Waals surface area contributed by atoms with Crippen LogP contribution in [-0.4, -0.2) is 23.5 Å². The second kappa shape index (κ2) is 5.01. The molecule has 1 aromatic heterocycles. The summed E-state index contributed by atoms with van der Waals surface area (Å²) in [5, 5.41) is 14.1. The van der Waals surface area contributed by atoms with Crippen LogP contribution in [0.15, 0.2) is 30.3 Å². The largest absolute Gasteiger partial charge is 0.373 e. The van der Waals surface area contributed by atoms with Gasteiger partial charge in [-0.15, -0.1) is 0 Å². The molecule has 1 aliphatic heterocycles. The highest BCUT2D eigenvalue weighted by molar-refractivity contribution is 5.74. The summed E-state index contributed by atoms with van der Waals surface area (Å²) < 4.78 is 13.5. The first-order valence-corrected chi connectivity index (χ1v) is 6.49. The van der Waals surface area contributed by atoms with E-state index in [0.717, 1.165) is 5.56 Å². The molecule has 6 nitrogen and oxygen atoms in total. The number of nitro groups is 1. The molecule has 0 saturated heterocycles. The Morgan fingerprint density at radius 2 is 2.19 bits per heavy atom. The molecular formula is C14H13FN4O2. The predicted octanol–water partition coefficient (Wildman–Crippen LogP) is 2.86. The molecular weight excluding hydrogens is 275 g/mol. The molecule has 0 atom stereocenters. The summed E-state index contributed by atoms with van der Waals surface area (Å²) in [6.07, 6.45) is 0.707. The maximum absolute atomic E-state index is 13.5. The number of benzene rings is 1. The van der Waals surface area contributed by atoms with E-state index in [0.29, 0.717) is 24.5 Å². The minimum Gasteiger partial charge on any atom is -0.373 e. The standard InChI is InChI=1S/C14H13FN4O2/c1-16-13-5-4-11(19(20)21)14(17-13)18-7-6-9-2-3-10(15)8-12(9)18/h2-5,8H,6-7H2,1H3,(H,16,17). The molecule has 1 N–H and O–H groups in total. The number of anilines is 3. The summed E-state index contributed by atoms with van der Waals surface area (Å²) in [5.74, 6) is 0.393. The molecule has 1 aromatic carbocycles. The van der Waals surface area contributed by atoms with Gasteiger partial charge in [0.1, 0.15) is 11.6 Å². The van der Waals surface area contributed by atoms with E-state index in [9.17, 15) is 14.5 Å². The lowest BCUT2D eigenvalue weighted by Gasteiger charge is -2.18. The number of hydrogen-bond donors (Lipinski definition) is 1. The third kappa shape index (κ3) is 2.26. The molecule has 3 rings (SSSR count). The van der Waals surface area contributed by atoms with Gasteiger partial charge in [-0.3, -0.25) is 10.1 Å².